The number of nitrogens with zero attached hydrogens (tertiary/aromatic N) is 2. The first-order valence-electron chi connectivity index (χ1n) is 5.43. The molecule has 0 aliphatic carbocycles. The zero-order valence-electron chi connectivity index (χ0n) is 9.67. The first kappa shape index (κ1) is 12.8. The van der Waals surface area contributed by atoms with E-state index in [9.17, 15) is 8.42 Å². The minimum atomic E-state index is -3.68. The second-order valence-corrected chi connectivity index (χ2v) is 5.79. The molecule has 6 nitrogen and oxygen atoms in total. The van der Waals surface area contributed by atoms with Crippen LogP contribution in [0.5, 0.6) is 0 Å². The van der Waals surface area contributed by atoms with Gasteiger partial charge in [-0.2, -0.15) is 9.57 Å². The number of nitrogen functional groups attached to an aromatic ring is 1. The monoisotopic (exact) mass is 267 g/mol. The third kappa shape index (κ3) is 2.31. The second kappa shape index (κ2) is 4.94. The number of morpholine rings is 1. The normalized spacial score (nSPS) is 17.3. The molecule has 1 heterocycles. The van der Waals surface area contributed by atoms with Gasteiger partial charge in [0, 0.05) is 18.8 Å². The number of hydrogen-bond acceptors (Lipinski definition) is 5. The number of anilines is 1. The molecule has 96 valence electrons. The van der Waals surface area contributed by atoms with Gasteiger partial charge in [-0.15, -0.1) is 0 Å². The van der Waals surface area contributed by atoms with Crippen molar-refractivity contribution in [2.75, 3.05) is 32.0 Å². The molecule has 0 atom stereocenters. The third-order valence-corrected chi connectivity index (χ3v) is 4.65. The molecule has 0 saturated carbocycles. The van der Waals surface area contributed by atoms with Crippen molar-refractivity contribution in [3.05, 3.63) is 23.8 Å². The number of rotatable bonds is 2. The van der Waals surface area contributed by atoms with Gasteiger partial charge in [-0.3, -0.25) is 0 Å². The van der Waals surface area contributed by atoms with Crippen molar-refractivity contribution in [1.82, 2.24) is 4.31 Å². The van der Waals surface area contributed by atoms with Crippen molar-refractivity contribution >= 4 is 15.7 Å². The Labute approximate surface area is 106 Å². The van der Waals surface area contributed by atoms with Gasteiger partial charge in [0.1, 0.15) is 11.0 Å². The standard InChI is InChI=1S/C11H13N3O3S/c12-8-9-1-2-10(13)7-11(9)18(15,16)14-3-5-17-6-4-14/h1-2,7H,3-6,13H2. The molecular weight excluding hydrogens is 254 g/mol. The van der Waals surface area contributed by atoms with Crippen molar-refractivity contribution in [3.8, 4) is 6.07 Å². The van der Waals surface area contributed by atoms with Gasteiger partial charge in [0.2, 0.25) is 10.0 Å². The summed E-state index contributed by atoms with van der Waals surface area (Å²) in [5, 5.41) is 8.97. The topological polar surface area (TPSA) is 96.4 Å². The van der Waals surface area contributed by atoms with Crippen LogP contribution in [0, 0.1) is 11.3 Å². The summed E-state index contributed by atoms with van der Waals surface area (Å²) in [6, 6.07) is 6.13. The molecule has 2 rings (SSSR count). The van der Waals surface area contributed by atoms with Gasteiger partial charge >= 0.3 is 0 Å². The van der Waals surface area contributed by atoms with Crippen LogP contribution in [0.2, 0.25) is 0 Å². The van der Waals surface area contributed by atoms with Crippen LogP contribution in [0.1, 0.15) is 5.56 Å². The fraction of sp³-hybridized carbons (Fsp3) is 0.364. The van der Waals surface area contributed by atoms with Gasteiger partial charge in [-0.1, -0.05) is 0 Å². The summed E-state index contributed by atoms with van der Waals surface area (Å²) in [5.41, 5.74) is 6.02. The zero-order chi connectivity index (χ0) is 13.2. The molecule has 1 aromatic carbocycles. The van der Waals surface area contributed by atoms with Gasteiger partial charge in [0.05, 0.1) is 18.8 Å². The van der Waals surface area contributed by atoms with Crippen molar-refractivity contribution < 1.29 is 13.2 Å². The highest BCUT2D eigenvalue weighted by molar-refractivity contribution is 7.89. The maximum Gasteiger partial charge on any atom is 0.244 e. The number of nitrogens with two attached hydrogens (primary N) is 1. The molecule has 18 heavy (non-hydrogen) atoms. The summed E-state index contributed by atoms with van der Waals surface area (Å²) < 4.78 is 31.2. The molecular formula is C11H13N3O3S. The summed E-state index contributed by atoms with van der Waals surface area (Å²) in [6.07, 6.45) is 0. The molecule has 1 aromatic rings. The SMILES string of the molecule is N#Cc1ccc(N)cc1S(=O)(=O)N1CCOCC1. The summed E-state index contributed by atoms with van der Waals surface area (Å²) in [4.78, 5) is -0.0353. The largest absolute Gasteiger partial charge is 0.399 e. The Balaban J connectivity index is 2.46. The fourth-order valence-electron chi connectivity index (χ4n) is 1.77. The predicted octanol–water partition coefficient (Wildman–Crippen LogP) is 0.161. The van der Waals surface area contributed by atoms with E-state index in [2.05, 4.69) is 0 Å². The Hall–Kier alpha value is -1.62. The van der Waals surface area contributed by atoms with Crippen LogP contribution in [0.3, 0.4) is 0 Å². The number of hydrogen-bond donors (Lipinski definition) is 1. The zero-order valence-corrected chi connectivity index (χ0v) is 10.5. The van der Waals surface area contributed by atoms with E-state index in [0.717, 1.165) is 0 Å². The quantitative estimate of drug-likeness (QED) is 0.770. The molecule has 7 heteroatoms. The third-order valence-electron chi connectivity index (χ3n) is 2.71. The fourth-order valence-corrected chi connectivity index (χ4v) is 3.36. The van der Waals surface area contributed by atoms with Crippen molar-refractivity contribution in [2.45, 2.75) is 4.90 Å². The minimum Gasteiger partial charge on any atom is -0.399 e. The van der Waals surface area contributed by atoms with E-state index >= 15 is 0 Å². The van der Waals surface area contributed by atoms with E-state index in [1.807, 2.05) is 6.07 Å². The number of sulfonamides is 1. The van der Waals surface area contributed by atoms with Crippen molar-refractivity contribution in [3.63, 3.8) is 0 Å². The van der Waals surface area contributed by atoms with Gasteiger partial charge in [0.15, 0.2) is 0 Å². The van der Waals surface area contributed by atoms with Gasteiger partial charge in [0.25, 0.3) is 0 Å². The molecule has 0 unspecified atom stereocenters. The van der Waals surface area contributed by atoms with Crippen LogP contribution >= 0.6 is 0 Å². The van der Waals surface area contributed by atoms with E-state index in [1.54, 1.807) is 0 Å². The van der Waals surface area contributed by atoms with E-state index in [1.165, 1.54) is 22.5 Å². The van der Waals surface area contributed by atoms with Crippen LogP contribution in [-0.2, 0) is 14.8 Å². The Morgan fingerprint density at radius 1 is 1.33 bits per heavy atom. The Bertz CT molecular complexity index is 586. The Morgan fingerprint density at radius 3 is 2.61 bits per heavy atom. The van der Waals surface area contributed by atoms with Gasteiger partial charge in [-0.25, -0.2) is 8.42 Å². The molecule has 0 aromatic heterocycles. The Morgan fingerprint density at radius 2 is 2.00 bits per heavy atom. The first-order valence-corrected chi connectivity index (χ1v) is 6.87. The van der Waals surface area contributed by atoms with Gasteiger partial charge in [-0.05, 0) is 18.2 Å². The van der Waals surface area contributed by atoms with Crippen LogP contribution in [0.15, 0.2) is 23.1 Å². The summed E-state index contributed by atoms with van der Waals surface area (Å²) in [5.74, 6) is 0. The Kier molecular flexibility index (Phi) is 3.52. The minimum absolute atomic E-state index is 0.0353. The molecule has 0 amide bonds. The highest BCUT2D eigenvalue weighted by Crippen LogP contribution is 2.23. The molecule has 2 N–H and O–H groups in total. The molecule has 1 saturated heterocycles. The molecule has 1 aliphatic heterocycles. The average molecular weight is 267 g/mol. The number of benzene rings is 1. The molecule has 1 fully saturated rings. The molecule has 0 bridgehead atoms. The summed E-state index contributed by atoms with van der Waals surface area (Å²) in [6.45, 7) is 1.32. The first-order chi connectivity index (χ1) is 8.55. The summed E-state index contributed by atoms with van der Waals surface area (Å²) >= 11 is 0. The van der Waals surface area contributed by atoms with E-state index in [-0.39, 0.29) is 10.5 Å². The van der Waals surface area contributed by atoms with E-state index in [4.69, 9.17) is 15.7 Å². The van der Waals surface area contributed by atoms with Gasteiger partial charge < -0.3 is 10.5 Å². The predicted molar refractivity (Wildman–Crippen MR) is 65.1 cm³/mol. The van der Waals surface area contributed by atoms with Crippen molar-refractivity contribution in [1.29, 1.82) is 5.26 Å². The van der Waals surface area contributed by atoms with Crippen LogP contribution in [0.4, 0.5) is 5.69 Å². The number of ether oxygens (including phenoxy) is 1. The summed E-state index contributed by atoms with van der Waals surface area (Å²) in [7, 11) is -3.68. The highest BCUT2D eigenvalue weighted by atomic mass is 32.2. The van der Waals surface area contributed by atoms with E-state index < -0.39 is 10.0 Å². The van der Waals surface area contributed by atoms with Crippen molar-refractivity contribution in [2.24, 2.45) is 0 Å². The molecule has 0 spiro atoms. The van der Waals surface area contributed by atoms with Crippen LogP contribution in [0.25, 0.3) is 0 Å². The lowest BCUT2D eigenvalue weighted by atomic mass is 10.2. The maximum absolute atomic E-state index is 12.4. The lowest BCUT2D eigenvalue weighted by molar-refractivity contribution is 0.0730. The van der Waals surface area contributed by atoms with E-state index in [0.29, 0.717) is 32.0 Å². The molecule has 0 radical (unpaired) electrons. The average Bonchev–Trinajstić information content (AvgIpc) is 2.39. The maximum atomic E-state index is 12.4. The van der Waals surface area contributed by atoms with Crippen LogP contribution < -0.4 is 5.73 Å². The van der Waals surface area contributed by atoms with Crippen LogP contribution in [-0.4, -0.2) is 39.0 Å². The molecule has 1 aliphatic rings. The highest BCUT2D eigenvalue weighted by Gasteiger charge is 2.28. The number of nitriles is 1. The smallest absolute Gasteiger partial charge is 0.244 e. The lowest BCUT2D eigenvalue weighted by Gasteiger charge is -2.26. The lowest BCUT2D eigenvalue weighted by Crippen LogP contribution is -2.40. The second-order valence-electron chi connectivity index (χ2n) is 3.88.